The highest BCUT2D eigenvalue weighted by Gasteiger charge is 2.14. The summed E-state index contributed by atoms with van der Waals surface area (Å²) in [7, 11) is 0. The van der Waals surface area contributed by atoms with E-state index in [-0.39, 0.29) is 41.4 Å². The number of halogens is 1. The summed E-state index contributed by atoms with van der Waals surface area (Å²) in [5, 5.41) is 12.0. The molecule has 2 aromatic rings. The number of anilines is 1. The zero-order chi connectivity index (χ0) is 20.5. The number of amides is 1. The molecule has 0 bridgehead atoms. The number of esters is 1. The van der Waals surface area contributed by atoms with Crippen LogP contribution in [0.25, 0.3) is 0 Å². The van der Waals surface area contributed by atoms with E-state index in [0.29, 0.717) is 6.61 Å². The Hall–Kier alpha value is -3.42. The van der Waals surface area contributed by atoms with Crippen LogP contribution in [-0.4, -0.2) is 36.0 Å². The molecule has 28 heavy (non-hydrogen) atoms. The fourth-order valence-corrected chi connectivity index (χ4v) is 2.30. The van der Waals surface area contributed by atoms with Crippen molar-refractivity contribution in [2.45, 2.75) is 19.8 Å². The molecule has 0 aliphatic carbocycles. The Morgan fingerprint density at radius 2 is 1.89 bits per heavy atom. The first-order valence-corrected chi connectivity index (χ1v) is 8.59. The number of phenols is 1. The molecule has 148 valence electrons. The molecule has 0 atom stereocenters. The quantitative estimate of drug-likeness (QED) is 0.505. The molecule has 0 unspecified atom stereocenters. The first kappa shape index (κ1) is 20.9. The van der Waals surface area contributed by atoms with Gasteiger partial charge in [-0.3, -0.25) is 14.4 Å². The van der Waals surface area contributed by atoms with E-state index in [1.165, 1.54) is 36.4 Å². The number of carbonyl (C=O) groups is 3. The van der Waals surface area contributed by atoms with E-state index < -0.39 is 24.3 Å². The van der Waals surface area contributed by atoms with Gasteiger partial charge in [0.25, 0.3) is 5.91 Å². The second-order valence-electron chi connectivity index (χ2n) is 5.76. The predicted molar refractivity (Wildman–Crippen MR) is 98.8 cm³/mol. The molecule has 0 fully saturated rings. The number of benzene rings is 2. The number of Topliss-reactive ketones (excluding diaryl/α,β-unsaturated/α-hetero) is 1. The number of ketones is 1. The normalized spacial score (nSPS) is 10.2. The Balaban J connectivity index is 1.78. The van der Waals surface area contributed by atoms with Crippen molar-refractivity contribution in [1.82, 2.24) is 0 Å². The lowest BCUT2D eigenvalue weighted by atomic mass is 10.1. The Kier molecular flexibility index (Phi) is 7.50. The van der Waals surface area contributed by atoms with E-state index in [2.05, 4.69) is 5.32 Å². The minimum absolute atomic E-state index is 0.0814. The third-order valence-electron chi connectivity index (χ3n) is 3.61. The third kappa shape index (κ3) is 6.39. The summed E-state index contributed by atoms with van der Waals surface area (Å²) in [5.74, 6) is -2.07. The smallest absolute Gasteiger partial charge is 0.306 e. The Labute approximate surface area is 161 Å². The van der Waals surface area contributed by atoms with Gasteiger partial charge in [-0.1, -0.05) is 6.07 Å². The van der Waals surface area contributed by atoms with E-state index in [0.717, 1.165) is 6.07 Å². The number of carbonyl (C=O) groups excluding carboxylic acids is 3. The molecule has 0 radical (unpaired) electrons. The molecule has 0 heterocycles. The summed E-state index contributed by atoms with van der Waals surface area (Å²) in [6.45, 7) is 1.53. The van der Waals surface area contributed by atoms with Crippen LogP contribution in [0.1, 0.15) is 30.1 Å². The molecule has 2 N–H and O–H groups in total. The van der Waals surface area contributed by atoms with E-state index in [4.69, 9.17) is 9.47 Å². The Morgan fingerprint density at radius 1 is 1.11 bits per heavy atom. The van der Waals surface area contributed by atoms with E-state index in [9.17, 15) is 23.9 Å². The van der Waals surface area contributed by atoms with Crippen LogP contribution >= 0.6 is 0 Å². The lowest BCUT2D eigenvalue weighted by molar-refractivity contribution is -0.147. The van der Waals surface area contributed by atoms with Gasteiger partial charge >= 0.3 is 5.97 Å². The van der Waals surface area contributed by atoms with E-state index in [1.54, 1.807) is 6.92 Å². The van der Waals surface area contributed by atoms with Gasteiger partial charge in [-0.2, -0.15) is 0 Å². The summed E-state index contributed by atoms with van der Waals surface area (Å²) in [6.07, 6.45) is -0.336. The maximum absolute atomic E-state index is 13.0. The van der Waals surface area contributed by atoms with Gasteiger partial charge in [0.1, 0.15) is 5.82 Å². The van der Waals surface area contributed by atoms with Crippen molar-refractivity contribution in [2.75, 3.05) is 18.5 Å². The molecule has 0 aliphatic heterocycles. The van der Waals surface area contributed by atoms with Crippen molar-refractivity contribution < 1.29 is 33.4 Å². The van der Waals surface area contributed by atoms with Gasteiger partial charge in [0.05, 0.1) is 13.0 Å². The van der Waals surface area contributed by atoms with Crippen molar-refractivity contribution >= 4 is 23.3 Å². The van der Waals surface area contributed by atoms with Gasteiger partial charge in [0.15, 0.2) is 23.9 Å². The Morgan fingerprint density at radius 3 is 2.61 bits per heavy atom. The van der Waals surface area contributed by atoms with Crippen LogP contribution in [0.3, 0.4) is 0 Å². The molecule has 7 nitrogen and oxygen atoms in total. The Bertz CT molecular complexity index is 868. The van der Waals surface area contributed by atoms with Crippen molar-refractivity contribution in [3.63, 3.8) is 0 Å². The molecule has 8 heteroatoms. The van der Waals surface area contributed by atoms with Crippen molar-refractivity contribution in [3.8, 4) is 11.5 Å². The zero-order valence-electron chi connectivity index (χ0n) is 15.2. The summed E-state index contributed by atoms with van der Waals surface area (Å²) in [6, 6.07) is 9.47. The lowest BCUT2D eigenvalue weighted by Crippen LogP contribution is -2.21. The minimum Gasteiger partial charge on any atom is -0.504 e. The first-order chi connectivity index (χ1) is 13.4. The lowest BCUT2D eigenvalue weighted by Gasteiger charge is -2.08. The molecule has 0 aliphatic rings. The molecule has 0 spiro atoms. The standard InChI is InChI=1S/C20H20FNO6/c1-2-27-18-10-13(6-7-17(18)24)16(23)8-9-20(26)28-12-19(25)22-15-5-3-4-14(21)11-15/h3-7,10-11,24H,2,8-9,12H2,1H3,(H,22,25). The number of ether oxygens (including phenoxy) is 2. The number of rotatable bonds is 9. The van der Waals surface area contributed by atoms with Gasteiger partial charge in [0, 0.05) is 17.7 Å². The number of aromatic hydroxyl groups is 1. The average molecular weight is 389 g/mol. The summed E-state index contributed by atoms with van der Waals surface area (Å²) < 4.78 is 23.1. The number of hydrogen-bond acceptors (Lipinski definition) is 6. The maximum atomic E-state index is 13.0. The van der Waals surface area contributed by atoms with Crippen molar-refractivity contribution in [3.05, 3.63) is 53.8 Å². The second kappa shape index (κ2) is 10.1. The zero-order valence-corrected chi connectivity index (χ0v) is 15.2. The van der Waals surface area contributed by atoms with Crippen LogP contribution in [-0.2, 0) is 14.3 Å². The highest BCUT2D eigenvalue weighted by atomic mass is 19.1. The monoisotopic (exact) mass is 389 g/mol. The number of hydrogen-bond donors (Lipinski definition) is 2. The summed E-state index contributed by atoms with van der Waals surface area (Å²) >= 11 is 0. The molecule has 0 aromatic heterocycles. The summed E-state index contributed by atoms with van der Waals surface area (Å²) in [4.78, 5) is 35.6. The third-order valence-corrected chi connectivity index (χ3v) is 3.61. The first-order valence-electron chi connectivity index (χ1n) is 8.59. The van der Waals surface area contributed by atoms with Crippen molar-refractivity contribution in [1.29, 1.82) is 0 Å². The predicted octanol–water partition coefficient (Wildman–Crippen LogP) is 3.07. The van der Waals surface area contributed by atoms with Crippen LogP contribution in [0.2, 0.25) is 0 Å². The van der Waals surface area contributed by atoms with Gasteiger partial charge < -0.3 is 19.9 Å². The van der Waals surface area contributed by atoms with Crippen LogP contribution in [0.15, 0.2) is 42.5 Å². The number of nitrogens with one attached hydrogen (secondary N) is 1. The van der Waals surface area contributed by atoms with Crippen LogP contribution in [0.4, 0.5) is 10.1 Å². The molecule has 2 aromatic carbocycles. The van der Waals surface area contributed by atoms with Gasteiger partial charge in [-0.15, -0.1) is 0 Å². The van der Waals surface area contributed by atoms with Gasteiger partial charge in [-0.05, 0) is 43.3 Å². The largest absolute Gasteiger partial charge is 0.504 e. The molecule has 0 saturated carbocycles. The topological polar surface area (TPSA) is 102 Å². The molecule has 0 saturated heterocycles. The fourth-order valence-electron chi connectivity index (χ4n) is 2.30. The van der Waals surface area contributed by atoms with Crippen molar-refractivity contribution in [2.24, 2.45) is 0 Å². The van der Waals surface area contributed by atoms with Crippen LogP contribution < -0.4 is 10.1 Å². The highest BCUT2D eigenvalue weighted by molar-refractivity contribution is 5.98. The molecular weight excluding hydrogens is 369 g/mol. The molecule has 2 rings (SSSR count). The minimum atomic E-state index is -0.716. The van der Waals surface area contributed by atoms with E-state index in [1.807, 2.05) is 0 Å². The highest BCUT2D eigenvalue weighted by Crippen LogP contribution is 2.27. The second-order valence-corrected chi connectivity index (χ2v) is 5.76. The molecule has 1 amide bonds. The van der Waals surface area contributed by atoms with Crippen LogP contribution in [0.5, 0.6) is 11.5 Å². The SMILES string of the molecule is CCOc1cc(C(=O)CCC(=O)OCC(=O)Nc2cccc(F)c2)ccc1O. The number of phenolic OH excluding ortho intramolecular Hbond substituents is 1. The molecular formula is C20H20FNO6. The van der Waals surface area contributed by atoms with Gasteiger partial charge in [0.2, 0.25) is 0 Å². The maximum Gasteiger partial charge on any atom is 0.306 e. The van der Waals surface area contributed by atoms with Gasteiger partial charge in [-0.25, -0.2) is 4.39 Å². The average Bonchev–Trinajstić information content (AvgIpc) is 2.66. The van der Waals surface area contributed by atoms with E-state index >= 15 is 0 Å². The fraction of sp³-hybridized carbons (Fsp3) is 0.250. The van der Waals surface area contributed by atoms with Crippen LogP contribution in [0, 0.1) is 5.82 Å². The summed E-state index contributed by atoms with van der Waals surface area (Å²) in [5.41, 5.74) is 0.534.